The number of nitrogens with one attached hydrogen (secondary N) is 1. The predicted molar refractivity (Wildman–Crippen MR) is 139 cm³/mol. The van der Waals surface area contributed by atoms with Crippen LogP contribution in [0.1, 0.15) is 56.5 Å². The molecule has 7 nitrogen and oxygen atoms in total. The maximum Gasteiger partial charge on any atom is 0.337 e. The molecule has 9 heteroatoms. The van der Waals surface area contributed by atoms with Gasteiger partial charge in [-0.25, -0.2) is 9.59 Å². The third kappa shape index (κ3) is 4.61. The molecule has 0 radical (unpaired) electrons. The number of nitrogens with two attached hydrogens (primary N) is 1. The first-order chi connectivity index (χ1) is 16.8. The zero-order valence-electron chi connectivity index (χ0n) is 19.3. The van der Waals surface area contributed by atoms with Crippen LogP contribution < -0.4 is 11.1 Å². The lowest BCUT2D eigenvalue weighted by atomic mass is 9.81. The molecule has 180 valence electrons. The molecule has 1 aliphatic rings. The summed E-state index contributed by atoms with van der Waals surface area (Å²) in [4.78, 5) is 38.7. The third-order valence-corrected chi connectivity index (χ3v) is 7.40. The van der Waals surface area contributed by atoms with E-state index in [2.05, 4.69) is 21.2 Å². The number of halogens is 1. The standard InChI is InChI=1S/C26H23BrN2O5S/c1-4-34-26(32)18-13(2)29-24-20(19(18)14-5-7-16(8-6-14)25(31)33-3)21(28)23(35-24)22(30)15-9-11-17(27)12-10-15/h5-12,19,29H,4,28H2,1-3H3/t19-/m0/s1. The number of thiophene rings is 1. The van der Waals surface area contributed by atoms with Gasteiger partial charge in [-0.3, -0.25) is 4.79 Å². The van der Waals surface area contributed by atoms with Crippen molar-refractivity contribution in [3.8, 4) is 0 Å². The number of rotatable bonds is 6. The normalized spacial score (nSPS) is 14.7. The zero-order chi connectivity index (χ0) is 25.3. The van der Waals surface area contributed by atoms with Gasteiger partial charge in [-0.05, 0) is 55.8 Å². The van der Waals surface area contributed by atoms with Gasteiger partial charge in [0.2, 0.25) is 5.78 Å². The van der Waals surface area contributed by atoms with Crippen LogP contribution in [-0.4, -0.2) is 31.4 Å². The lowest BCUT2D eigenvalue weighted by molar-refractivity contribution is -0.138. The van der Waals surface area contributed by atoms with Gasteiger partial charge in [0.25, 0.3) is 0 Å². The van der Waals surface area contributed by atoms with Crippen LogP contribution in [0.5, 0.6) is 0 Å². The highest BCUT2D eigenvalue weighted by atomic mass is 79.9. The smallest absolute Gasteiger partial charge is 0.337 e. The van der Waals surface area contributed by atoms with E-state index in [4.69, 9.17) is 15.2 Å². The van der Waals surface area contributed by atoms with Crippen molar-refractivity contribution >= 4 is 55.7 Å². The van der Waals surface area contributed by atoms with Gasteiger partial charge in [-0.1, -0.05) is 28.1 Å². The van der Waals surface area contributed by atoms with E-state index < -0.39 is 17.9 Å². The summed E-state index contributed by atoms with van der Waals surface area (Å²) < 4.78 is 11.0. The molecule has 0 saturated heterocycles. The number of anilines is 2. The minimum atomic E-state index is -0.584. The molecule has 1 aliphatic heterocycles. The maximum atomic E-state index is 13.3. The van der Waals surface area contributed by atoms with E-state index in [-0.39, 0.29) is 12.4 Å². The van der Waals surface area contributed by atoms with Crippen LogP contribution in [-0.2, 0) is 14.3 Å². The summed E-state index contributed by atoms with van der Waals surface area (Å²) in [7, 11) is 1.32. The molecular formula is C26H23BrN2O5S. The summed E-state index contributed by atoms with van der Waals surface area (Å²) in [5, 5.41) is 3.94. The highest BCUT2D eigenvalue weighted by molar-refractivity contribution is 9.10. The minimum absolute atomic E-state index is 0.202. The Kier molecular flexibility index (Phi) is 7.09. The number of ketones is 1. The van der Waals surface area contributed by atoms with E-state index in [1.54, 1.807) is 62.4 Å². The minimum Gasteiger partial charge on any atom is -0.465 e. The summed E-state index contributed by atoms with van der Waals surface area (Å²) in [5.74, 6) is -1.72. The van der Waals surface area contributed by atoms with Crippen molar-refractivity contribution in [1.82, 2.24) is 0 Å². The Morgan fingerprint density at radius 1 is 1.03 bits per heavy atom. The summed E-state index contributed by atoms with van der Waals surface area (Å²) in [6.45, 7) is 3.74. The van der Waals surface area contributed by atoms with Crippen LogP contribution >= 0.6 is 27.3 Å². The van der Waals surface area contributed by atoms with Gasteiger partial charge in [-0.15, -0.1) is 11.3 Å². The van der Waals surface area contributed by atoms with E-state index in [9.17, 15) is 14.4 Å². The Hall–Kier alpha value is -3.43. The van der Waals surface area contributed by atoms with E-state index >= 15 is 0 Å². The van der Waals surface area contributed by atoms with Crippen molar-refractivity contribution in [1.29, 1.82) is 0 Å². The van der Waals surface area contributed by atoms with Gasteiger partial charge in [-0.2, -0.15) is 0 Å². The quantitative estimate of drug-likeness (QED) is 0.305. The zero-order valence-corrected chi connectivity index (χ0v) is 21.7. The number of fused-ring (bicyclic) bond motifs is 1. The van der Waals surface area contributed by atoms with Crippen LogP contribution in [0.2, 0.25) is 0 Å². The molecule has 0 amide bonds. The average molecular weight is 555 g/mol. The van der Waals surface area contributed by atoms with E-state index in [1.165, 1.54) is 18.4 Å². The van der Waals surface area contributed by atoms with Gasteiger partial charge in [0.15, 0.2) is 0 Å². The Morgan fingerprint density at radius 2 is 1.66 bits per heavy atom. The Morgan fingerprint density at radius 3 is 2.26 bits per heavy atom. The molecule has 0 aliphatic carbocycles. The van der Waals surface area contributed by atoms with Crippen LogP contribution in [0, 0.1) is 0 Å². The molecule has 1 atom stereocenters. The van der Waals surface area contributed by atoms with Crippen LogP contribution in [0.4, 0.5) is 10.7 Å². The lowest BCUT2D eigenvalue weighted by Crippen LogP contribution is -2.24. The molecule has 0 saturated carbocycles. The van der Waals surface area contributed by atoms with Crippen molar-refractivity contribution in [2.75, 3.05) is 24.8 Å². The summed E-state index contributed by atoms with van der Waals surface area (Å²) in [5.41, 5.74) is 10.2. The molecule has 4 rings (SSSR count). The third-order valence-electron chi connectivity index (χ3n) is 5.74. The second kappa shape index (κ2) is 10.1. The average Bonchev–Trinajstić information content (AvgIpc) is 3.18. The number of methoxy groups -OCH3 is 1. The van der Waals surface area contributed by atoms with Gasteiger partial charge in [0.05, 0.1) is 35.5 Å². The molecule has 2 aromatic carbocycles. The fourth-order valence-corrected chi connectivity index (χ4v) is 5.52. The number of esters is 2. The predicted octanol–water partition coefficient (Wildman–Crippen LogP) is 5.50. The first-order valence-corrected chi connectivity index (χ1v) is 12.4. The number of ether oxygens (including phenoxy) is 2. The van der Waals surface area contributed by atoms with Gasteiger partial charge in [0, 0.05) is 27.2 Å². The monoisotopic (exact) mass is 554 g/mol. The Balaban J connectivity index is 1.85. The van der Waals surface area contributed by atoms with Crippen LogP contribution in [0.3, 0.4) is 0 Å². The number of carbonyl (C=O) groups is 3. The fraction of sp³-hybridized carbons (Fsp3) is 0.192. The number of hydrogen-bond acceptors (Lipinski definition) is 8. The first kappa shape index (κ1) is 24.7. The van der Waals surface area contributed by atoms with Crippen LogP contribution in [0.25, 0.3) is 0 Å². The largest absolute Gasteiger partial charge is 0.465 e. The summed E-state index contributed by atoms with van der Waals surface area (Å²) in [6.07, 6.45) is 0. The SMILES string of the molecule is CCOC(=O)C1=C(C)Nc2sc(C(=O)c3ccc(Br)cc3)c(N)c2[C@H]1c1ccc(C(=O)OC)cc1. The summed E-state index contributed by atoms with van der Waals surface area (Å²) >= 11 is 4.63. The van der Waals surface area contributed by atoms with Crippen molar-refractivity contribution < 1.29 is 23.9 Å². The molecular weight excluding hydrogens is 532 g/mol. The number of allylic oxidation sites excluding steroid dienone is 1. The molecule has 0 unspecified atom stereocenters. The van der Waals surface area contributed by atoms with E-state index in [0.717, 1.165) is 10.0 Å². The molecule has 35 heavy (non-hydrogen) atoms. The van der Waals surface area contributed by atoms with Gasteiger partial charge < -0.3 is 20.5 Å². The first-order valence-electron chi connectivity index (χ1n) is 10.8. The topological polar surface area (TPSA) is 108 Å². The van der Waals surface area contributed by atoms with E-state index in [1.807, 2.05) is 0 Å². The van der Waals surface area contributed by atoms with E-state index in [0.29, 0.717) is 43.5 Å². The number of hydrogen-bond donors (Lipinski definition) is 2. The Labute approximate surface area is 215 Å². The van der Waals surface area contributed by atoms with Gasteiger partial charge in [0.1, 0.15) is 4.88 Å². The summed E-state index contributed by atoms with van der Waals surface area (Å²) in [6, 6.07) is 13.8. The van der Waals surface area contributed by atoms with Crippen molar-refractivity contribution in [3.05, 3.63) is 91.4 Å². The molecule has 0 fully saturated rings. The molecule has 3 aromatic rings. The van der Waals surface area contributed by atoms with Crippen molar-refractivity contribution in [2.45, 2.75) is 19.8 Å². The van der Waals surface area contributed by atoms with Crippen LogP contribution in [0.15, 0.2) is 64.3 Å². The number of benzene rings is 2. The maximum absolute atomic E-state index is 13.3. The van der Waals surface area contributed by atoms with Crippen molar-refractivity contribution in [2.24, 2.45) is 0 Å². The second-order valence-electron chi connectivity index (χ2n) is 7.85. The highest BCUT2D eigenvalue weighted by Crippen LogP contribution is 2.50. The molecule has 0 bridgehead atoms. The Bertz CT molecular complexity index is 1340. The van der Waals surface area contributed by atoms with Gasteiger partial charge >= 0.3 is 11.9 Å². The lowest BCUT2D eigenvalue weighted by Gasteiger charge is -2.28. The second-order valence-corrected chi connectivity index (χ2v) is 9.79. The number of nitrogen functional groups attached to an aromatic ring is 1. The fourth-order valence-electron chi connectivity index (χ4n) is 4.08. The highest BCUT2D eigenvalue weighted by Gasteiger charge is 2.38. The van der Waals surface area contributed by atoms with Crippen molar-refractivity contribution in [3.63, 3.8) is 0 Å². The molecule has 2 heterocycles. The number of carbonyl (C=O) groups excluding carboxylic acids is 3. The molecule has 1 aromatic heterocycles. The molecule has 3 N–H and O–H groups in total. The molecule has 0 spiro atoms.